The lowest BCUT2D eigenvalue weighted by atomic mass is 10.2. The molecule has 2 N–H and O–H groups in total. The van der Waals surface area contributed by atoms with Crippen LogP contribution >= 0.6 is 12.2 Å². The van der Waals surface area contributed by atoms with Crippen LogP contribution in [0.25, 0.3) is 0 Å². The van der Waals surface area contributed by atoms with Crippen molar-refractivity contribution in [2.75, 3.05) is 13.2 Å². The highest BCUT2D eigenvalue weighted by atomic mass is 32.1. The number of thiocarbonyl (C=S) groups is 1. The summed E-state index contributed by atoms with van der Waals surface area (Å²) in [4.78, 5) is 23.1. The quantitative estimate of drug-likeness (QED) is 0.434. The minimum absolute atomic E-state index is 0.0324. The number of hydrogen-bond donors (Lipinski definition) is 2. The Hall–Kier alpha value is -2.21. The minimum Gasteiger partial charge on any atom is -0.465 e. The summed E-state index contributed by atoms with van der Waals surface area (Å²) >= 11 is 4.89. The van der Waals surface area contributed by atoms with Crippen molar-refractivity contribution in [1.29, 1.82) is 0 Å². The molecule has 0 atom stereocenters. The van der Waals surface area contributed by atoms with Crippen molar-refractivity contribution < 1.29 is 14.3 Å². The van der Waals surface area contributed by atoms with Gasteiger partial charge < -0.3 is 15.4 Å². The van der Waals surface area contributed by atoms with Crippen molar-refractivity contribution >= 4 is 29.2 Å². The van der Waals surface area contributed by atoms with E-state index in [2.05, 4.69) is 17.2 Å². The van der Waals surface area contributed by atoms with Crippen LogP contribution in [0.1, 0.15) is 18.4 Å². The average Bonchev–Trinajstić information content (AvgIpc) is 2.52. The van der Waals surface area contributed by atoms with E-state index >= 15 is 0 Å². The topological polar surface area (TPSA) is 67.4 Å². The van der Waals surface area contributed by atoms with E-state index in [4.69, 9.17) is 17.0 Å². The van der Waals surface area contributed by atoms with Crippen LogP contribution in [0.4, 0.5) is 0 Å². The second kappa shape index (κ2) is 10.5. The number of carbonyl (C=O) groups is 2. The van der Waals surface area contributed by atoms with Crippen molar-refractivity contribution in [3.8, 4) is 0 Å². The molecule has 0 aliphatic carbocycles. The van der Waals surface area contributed by atoms with Gasteiger partial charge in [-0.05, 0) is 17.8 Å². The smallest absolute Gasteiger partial charge is 0.306 e. The lowest BCUT2D eigenvalue weighted by molar-refractivity contribution is -0.144. The molecule has 0 aliphatic heterocycles. The van der Waals surface area contributed by atoms with Gasteiger partial charge in [-0.2, -0.15) is 0 Å². The normalized spacial score (nSPS) is 9.64. The summed E-state index contributed by atoms with van der Waals surface area (Å²) in [5.41, 5.74) is 1.10. The Kier molecular flexibility index (Phi) is 8.52. The third-order valence-electron chi connectivity index (χ3n) is 2.71. The van der Waals surface area contributed by atoms with E-state index in [1.807, 2.05) is 30.3 Å². The van der Waals surface area contributed by atoms with Crippen LogP contribution in [-0.2, 0) is 20.7 Å². The largest absolute Gasteiger partial charge is 0.465 e. The molecule has 6 heteroatoms. The lowest BCUT2D eigenvalue weighted by Gasteiger charge is -2.08. The summed E-state index contributed by atoms with van der Waals surface area (Å²) in [6, 6.07) is 9.75. The first-order valence-corrected chi connectivity index (χ1v) is 7.40. The number of hydrogen-bond acceptors (Lipinski definition) is 4. The van der Waals surface area contributed by atoms with Gasteiger partial charge in [-0.1, -0.05) is 36.4 Å². The zero-order valence-electron chi connectivity index (χ0n) is 12.3. The molecular weight excluding hydrogens is 300 g/mol. The lowest BCUT2D eigenvalue weighted by Crippen LogP contribution is -2.39. The van der Waals surface area contributed by atoms with Crippen LogP contribution in [0.3, 0.4) is 0 Å². The number of benzene rings is 1. The molecule has 0 saturated heterocycles. The monoisotopic (exact) mass is 320 g/mol. The van der Waals surface area contributed by atoms with Gasteiger partial charge in [0.1, 0.15) is 0 Å². The summed E-state index contributed by atoms with van der Waals surface area (Å²) < 4.78 is 5.09. The van der Waals surface area contributed by atoms with Gasteiger partial charge in [0.2, 0.25) is 5.91 Å². The number of amides is 1. The van der Waals surface area contributed by atoms with E-state index in [0.29, 0.717) is 19.6 Å². The molecule has 0 aliphatic rings. The first-order valence-electron chi connectivity index (χ1n) is 7.00. The van der Waals surface area contributed by atoms with Crippen molar-refractivity contribution in [2.45, 2.75) is 19.3 Å². The van der Waals surface area contributed by atoms with Gasteiger partial charge in [-0.3, -0.25) is 9.59 Å². The third-order valence-corrected chi connectivity index (χ3v) is 2.96. The highest BCUT2D eigenvalue weighted by Gasteiger charge is 2.09. The summed E-state index contributed by atoms with van der Waals surface area (Å²) in [6.45, 7) is 4.31. The fourth-order valence-electron chi connectivity index (χ4n) is 1.61. The van der Waals surface area contributed by atoms with Gasteiger partial charge in [0.25, 0.3) is 0 Å². The van der Waals surface area contributed by atoms with Crippen LogP contribution in [0.2, 0.25) is 0 Å². The van der Waals surface area contributed by atoms with Gasteiger partial charge in [0.05, 0.1) is 13.0 Å². The average molecular weight is 320 g/mol. The first-order chi connectivity index (χ1) is 10.6. The van der Waals surface area contributed by atoms with Gasteiger partial charge in [-0.15, -0.1) is 6.58 Å². The van der Waals surface area contributed by atoms with E-state index in [1.54, 1.807) is 6.08 Å². The molecule has 0 bridgehead atoms. The highest BCUT2D eigenvalue weighted by Crippen LogP contribution is 2.01. The fourth-order valence-corrected chi connectivity index (χ4v) is 1.81. The SMILES string of the molecule is C=CCNC(=S)NC(=O)CCC(=O)OCCc1ccccc1. The Bertz CT molecular complexity index is 517. The van der Waals surface area contributed by atoms with Crippen LogP contribution in [0.15, 0.2) is 43.0 Å². The van der Waals surface area contributed by atoms with Gasteiger partial charge in [-0.25, -0.2) is 0 Å². The van der Waals surface area contributed by atoms with E-state index in [1.165, 1.54) is 0 Å². The molecule has 1 aromatic rings. The van der Waals surface area contributed by atoms with Crippen molar-refractivity contribution in [3.05, 3.63) is 48.6 Å². The maximum Gasteiger partial charge on any atom is 0.306 e. The molecule has 0 spiro atoms. The molecule has 118 valence electrons. The Labute approximate surface area is 135 Å². The summed E-state index contributed by atoms with van der Waals surface area (Å²) in [5, 5.41) is 5.47. The zero-order chi connectivity index (χ0) is 16.2. The Morgan fingerprint density at radius 2 is 1.95 bits per heavy atom. The maximum atomic E-state index is 11.5. The molecule has 1 rings (SSSR count). The molecule has 0 radical (unpaired) electrons. The molecule has 5 nitrogen and oxygen atoms in total. The molecule has 1 aromatic carbocycles. The molecular formula is C16H20N2O3S. The summed E-state index contributed by atoms with van der Waals surface area (Å²) in [7, 11) is 0. The van der Waals surface area contributed by atoms with Crippen molar-refractivity contribution in [3.63, 3.8) is 0 Å². The van der Waals surface area contributed by atoms with Gasteiger partial charge in [0.15, 0.2) is 5.11 Å². The van der Waals surface area contributed by atoms with E-state index < -0.39 is 5.97 Å². The van der Waals surface area contributed by atoms with Gasteiger partial charge >= 0.3 is 5.97 Å². The second-order valence-corrected chi connectivity index (χ2v) is 4.91. The fraction of sp³-hybridized carbons (Fsp3) is 0.312. The number of rotatable bonds is 8. The molecule has 1 amide bonds. The number of nitrogens with one attached hydrogen (secondary N) is 2. The van der Waals surface area contributed by atoms with E-state index in [-0.39, 0.29) is 23.9 Å². The molecule has 0 heterocycles. The van der Waals surface area contributed by atoms with E-state index in [0.717, 1.165) is 5.56 Å². The molecule has 0 aromatic heterocycles. The summed E-state index contributed by atoms with van der Waals surface area (Å²) in [5.74, 6) is -0.711. The minimum atomic E-state index is -0.393. The predicted molar refractivity (Wildman–Crippen MR) is 89.3 cm³/mol. The number of ether oxygens (including phenoxy) is 1. The predicted octanol–water partition coefficient (Wildman–Crippen LogP) is 1.73. The Balaban J connectivity index is 2.13. The standard InChI is InChI=1S/C16H20N2O3S/c1-2-11-17-16(22)18-14(19)8-9-15(20)21-12-10-13-6-4-3-5-7-13/h2-7H,1,8-12H2,(H2,17,18,19,22). The maximum absolute atomic E-state index is 11.5. The van der Waals surface area contributed by atoms with Crippen molar-refractivity contribution in [2.24, 2.45) is 0 Å². The number of carbonyl (C=O) groups excluding carboxylic acids is 2. The Morgan fingerprint density at radius 3 is 2.64 bits per heavy atom. The zero-order valence-corrected chi connectivity index (χ0v) is 13.2. The molecule has 0 fully saturated rings. The Morgan fingerprint density at radius 1 is 1.23 bits per heavy atom. The van der Waals surface area contributed by atoms with Crippen LogP contribution in [0.5, 0.6) is 0 Å². The van der Waals surface area contributed by atoms with Crippen LogP contribution in [0, 0.1) is 0 Å². The van der Waals surface area contributed by atoms with E-state index in [9.17, 15) is 9.59 Å². The molecule has 22 heavy (non-hydrogen) atoms. The summed E-state index contributed by atoms with van der Waals surface area (Å²) in [6.07, 6.45) is 2.36. The molecule has 0 unspecified atom stereocenters. The third kappa shape index (κ3) is 8.16. The highest BCUT2D eigenvalue weighted by molar-refractivity contribution is 7.80. The first kappa shape index (κ1) is 17.8. The molecule has 0 saturated carbocycles. The number of esters is 1. The van der Waals surface area contributed by atoms with Crippen LogP contribution < -0.4 is 10.6 Å². The van der Waals surface area contributed by atoms with Crippen molar-refractivity contribution in [1.82, 2.24) is 10.6 Å². The van der Waals surface area contributed by atoms with Crippen LogP contribution in [-0.4, -0.2) is 30.1 Å². The van der Waals surface area contributed by atoms with Gasteiger partial charge in [0, 0.05) is 19.4 Å². The second-order valence-electron chi connectivity index (χ2n) is 4.50.